The van der Waals surface area contributed by atoms with Crippen molar-refractivity contribution in [1.29, 1.82) is 0 Å². The maximum absolute atomic E-state index is 12.3. The lowest BCUT2D eigenvalue weighted by molar-refractivity contribution is -0.384. The number of nitrogens with zero attached hydrogens (tertiary/aromatic N) is 2. The van der Waals surface area contributed by atoms with Crippen LogP contribution < -0.4 is 5.32 Å². The first-order valence-corrected chi connectivity index (χ1v) is 5.87. The number of aromatic nitrogens is 1. The highest BCUT2D eigenvalue weighted by Crippen LogP contribution is 2.18. The number of carbonyl (C=O) groups is 1. The average molecular weight is 252 g/mol. The molecule has 0 aromatic carbocycles. The molecule has 1 aromatic rings. The summed E-state index contributed by atoms with van der Waals surface area (Å²) in [6.45, 7) is 5.38. The molecule has 7 heteroatoms. The van der Waals surface area contributed by atoms with Crippen molar-refractivity contribution in [2.24, 2.45) is 0 Å². The number of piperazine rings is 1. The first kappa shape index (κ1) is 12.6. The lowest BCUT2D eigenvalue weighted by atomic mass is 10.1. The van der Waals surface area contributed by atoms with Crippen LogP contribution in [0.4, 0.5) is 5.69 Å². The summed E-state index contributed by atoms with van der Waals surface area (Å²) in [6.07, 6.45) is 1.24. The quantitative estimate of drug-likeness (QED) is 0.600. The summed E-state index contributed by atoms with van der Waals surface area (Å²) >= 11 is 0. The predicted octanol–water partition coefficient (Wildman–Crippen LogP) is 0.745. The summed E-state index contributed by atoms with van der Waals surface area (Å²) < 4.78 is 0. The standard InChI is InChI=1S/C11H16N4O3/c1-7-4-12-5-8(2)14(7)11(16)10-3-9(6-13-10)15(17)18/h3,6-8,12-13H,4-5H2,1-2H3. The summed E-state index contributed by atoms with van der Waals surface area (Å²) in [4.78, 5) is 26.8. The Bertz CT molecular complexity index is 461. The van der Waals surface area contributed by atoms with Crippen molar-refractivity contribution in [2.75, 3.05) is 13.1 Å². The highest BCUT2D eigenvalue weighted by atomic mass is 16.6. The van der Waals surface area contributed by atoms with Crippen molar-refractivity contribution in [3.8, 4) is 0 Å². The molecule has 0 radical (unpaired) electrons. The SMILES string of the molecule is CC1CNCC(C)N1C(=O)c1cc([N+](=O)[O-])c[nH]1. The van der Waals surface area contributed by atoms with Crippen LogP contribution in [0.2, 0.25) is 0 Å². The Kier molecular flexibility index (Phi) is 3.33. The second kappa shape index (κ2) is 4.77. The Morgan fingerprint density at radius 1 is 1.44 bits per heavy atom. The highest BCUT2D eigenvalue weighted by molar-refractivity contribution is 5.93. The molecule has 0 bridgehead atoms. The molecule has 2 N–H and O–H groups in total. The molecule has 2 heterocycles. The molecule has 0 spiro atoms. The van der Waals surface area contributed by atoms with Crippen LogP contribution in [-0.2, 0) is 0 Å². The number of carbonyl (C=O) groups excluding carboxylic acids is 1. The Morgan fingerprint density at radius 3 is 2.56 bits per heavy atom. The number of amides is 1. The zero-order valence-electron chi connectivity index (χ0n) is 10.3. The van der Waals surface area contributed by atoms with Crippen molar-refractivity contribution in [3.05, 3.63) is 28.1 Å². The lowest BCUT2D eigenvalue weighted by Gasteiger charge is -2.39. The maximum atomic E-state index is 12.3. The fourth-order valence-electron chi connectivity index (χ4n) is 2.28. The largest absolute Gasteiger partial charge is 0.351 e. The third kappa shape index (κ3) is 2.21. The minimum atomic E-state index is -0.516. The van der Waals surface area contributed by atoms with Gasteiger partial charge in [0.1, 0.15) is 5.69 Å². The van der Waals surface area contributed by atoms with Gasteiger partial charge >= 0.3 is 0 Å². The van der Waals surface area contributed by atoms with Gasteiger partial charge in [0, 0.05) is 31.2 Å². The molecule has 7 nitrogen and oxygen atoms in total. The minimum absolute atomic E-state index is 0.0728. The molecule has 1 saturated heterocycles. The number of aromatic amines is 1. The van der Waals surface area contributed by atoms with E-state index in [-0.39, 0.29) is 29.4 Å². The number of hydrogen-bond donors (Lipinski definition) is 2. The van der Waals surface area contributed by atoms with Gasteiger partial charge in [0.05, 0.1) is 11.1 Å². The summed E-state index contributed by atoms with van der Waals surface area (Å²) in [5.41, 5.74) is 0.177. The van der Waals surface area contributed by atoms with Crippen LogP contribution in [-0.4, -0.2) is 45.9 Å². The van der Waals surface area contributed by atoms with Crippen molar-refractivity contribution in [3.63, 3.8) is 0 Å². The molecule has 2 rings (SSSR count). The molecule has 1 fully saturated rings. The average Bonchev–Trinajstić information content (AvgIpc) is 2.77. The molecule has 1 amide bonds. The Morgan fingerprint density at radius 2 is 2.06 bits per heavy atom. The number of rotatable bonds is 2. The molecule has 2 unspecified atom stereocenters. The van der Waals surface area contributed by atoms with Crippen LogP contribution in [0, 0.1) is 10.1 Å². The van der Waals surface area contributed by atoms with Crippen LogP contribution in [0.25, 0.3) is 0 Å². The normalized spacial score (nSPS) is 24.0. The molecular formula is C11H16N4O3. The third-order valence-electron chi connectivity index (χ3n) is 3.17. The van der Waals surface area contributed by atoms with E-state index in [1.807, 2.05) is 13.8 Å². The van der Waals surface area contributed by atoms with Gasteiger partial charge in [0.25, 0.3) is 11.6 Å². The van der Waals surface area contributed by atoms with Crippen LogP contribution in [0.5, 0.6) is 0 Å². The summed E-state index contributed by atoms with van der Waals surface area (Å²) in [5.74, 6) is -0.190. The van der Waals surface area contributed by atoms with Crippen molar-refractivity contribution < 1.29 is 9.72 Å². The van der Waals surface area contributed by atoms with Gasteiger partial charge in [-0.25, -0.2) is 0 Å². The lowest BCUT2D eigenvalue weighted by Crippen LogP contribution is -2.57. The second-order valence-corrected chi connectivity index (χ2v) is 4.60. The minimum Gasteiger partial charge on any atom is -0.351 e. The van der Waals surface area contributed by atoms with E-state index in [4.69, 9.17) is 0 Å². The highest BCUT2D eigenvalue weighted by Gasteiger charge is 2.30. The first-order chi connectivity index (χ1) is 8.50. The van der Waals surface area contributed by atoms with E-state index < -0.39 is 4.92 Å². The Balaban J connectivity index is 2.21. The van der Waals surface area contributed by atoms with Gasteiger partial charge in [-0.1, -0.05) is 0 Å². The van der Waals surface area contributed by atoms with Gasteiger partial charge in [-0.15, -0.1) is 0 Å². The molecule has 1 aliphatic rings. The zero-order chi connectivity index (χ0) is 13.3. The third-order valence-corrected chi connectivity index (χ3v) is 3.17. The van der Waals surface area contributed by atoms with E-state index in [9.17, 15) is 14.9 Å². The second-order valence-electron chi connectivity index (χ2n) is 4.60. The van der Waals surface area contributed by atoms with Crippen LogP contribution in [0.15, 0.2) is 12.3 Å². The number of hydrogen-bond acceptors (Lipinski definition) is 4. The Hall–Kier alpha value is -1.89. The van der Waals surface area contributed by atoms with E-state index in [1.54, 1.807) is 4.90 Å². The topological polar surface area (TPSA) is 91.3 Å². The molecule has 1 aromatic heterocycles. The van der Waals surface area contributed by atoms with Gasteiger partial charge in [-0.2, -0.15) is 0 Å². The number of nitro groups is 1. The maximum Gasteiger partial charge on any atom is 0.287 e. The zero-order valence-corrected chi connectivity index (χ0v) is 10.3. The van der Waals surface area contributed by atoms with Crippen LogP contribution in [0.1, 0.15) is 24.3 Å². The molecule has 2 atom stereocenters. The molecule has 0 aliphatic carbocycles. The van der Waals surface area contributed by atoms with Gasteiger partial charge < -0.3 is 15.2 Å². The van der Waals surface area contributed by atoms with Crippen molar-refractivity contribution in [1.82, 2.24) is 15.2 Å². The molecular weight excluding hydrogens is 236 g/mol. The monoisotopic (exact) mass is 252 g/mol. The van der Waals surface area contributed by atoms with E-state index in [0.717, 1.165) is 13.1 Å². The molecule has 18 heavy (non-hydrogen) atoms. The molecule has 98 valence electrons. The van der Waals surface area contributed by atoms with E-state index in [0.29, 0.717) is 0 Å². The van der Waals surface area contributed by atoms with Crippen LogP contribution >= 0.6 is 0 Å². The van der Waals surface area contributed by atoms with Gasteiger partial charge in [0.15, 0.2) is 0 Å². The van der Waals surface area contributed by atoms with Crippen LogP contribution in [0.3, 0.4) is 0 Å². The van der Waals surface area contributed by atoms with Gasteiger partial charge in [-0.3, -0.25) is 14.9 Å². The van der Waals surface area contributed by atoms with E-state index in [1.165, 1.54) is 12.3 Å². The predicted molar refractivity (Wildman–Crippen MR) is 65.4 cm³/mol. The van der Waals surface area contributed by atoms with E-state index >= 15 is 0 Å². The summed E-state index contributed by atoms with van der Waals surface area (Å²) in [6, 6.07) is 1.43. The fourth-order valence-corrected chi connectivity index (χ4v) is 2.28. The fraction of sp³-hybridized carbons (Fsp3) is 0.545. The Labute approximate surface area is 104 Å². The molecule has 1 aliphatic heterocycles. The first-order valence-electron chi connectivity index (χ1n) is 5.87. The van der Waals surface area contributed by atoms with Crippen molar-refractivity contribution in [2.45, 2.75) is 25.9 Å². The number of H-pyrrole nitrogens is 1. The van der Waals surface area contributed by atoms with Crippen molar-refractivity contribution >= 4 is 11.6 Å². The smallest absolute Gasteiger partial charge is 0.287 e. The summed E-state index contributed by atoms with van der Waals surface area (Å²) in [5, 5.41) is 13.8. The van der Waals surface area contributed by atoms with Gasteiger partial charge in [0.2, 0.25) is 0 Å². The molecule has 0 saturated carbocycles. The summed E-state index contributed by atoms with van der Waals surface area (Å²) in [7, 11) is 0. The van der Waals surface area contributed by atoms with Gasteiger partial charge in [-0.05, 0) is 13.8 Å². The number of nitrogens with one attached hydrogen (secondary N) is 2. The van der Waals surface area contributed by atoms with E-state index in [2.05, 4.69) is 10.3 Å².